The zero-order valence-electron chi connectivity index (χ0n) is 13.0. The Morgan fingerprint density at radius 3 is 2.46 bits per heavy atom. The smallest absolute Gasteiger partial charge is 0.269 e. The van der Waals surface area contributed by atoms with Gasteiger partial charge in [0.15, 0.2) is 0 Å². The predicted molar refractivity (Wildman–Crippen MR) is 100 cm³/mol. The van der Waals surface area contributed by atoms with E-state index in [4.69, 9.17) is 0 Å². The first kappa shape index (κ1) is 18.6. The molecule has 2 aromatic carbocycles. The maximum Gasteiger partial charge on any atom is 0.269 e. The highest BCUT2D eigenvalue weighted by molar-refractivity contribution is 9.11. The van der Waals surface area contributed by atoms with Crippen LogP contribution in [-0.2, 0) is 17.6 Å². The number of carbonyl (C=O) groups is 1. The highest BCUT2D eigenvalue weighted by atomic mass is 79.9. The summed E-state index contributed by atoms with van der Waals surface area (Å²) >= 11 is 6.94. The minimum atomic E-state index is -0.421. The number of nitrogens with zero attached hydrogens (tertiary/aromatic N) is 1. The first-order valence-corrected chi connectivity index (χ1v) is 8.90. The molecule has 0 aliphatic carbocycles. The van der Waals surface area contributed by atoms with E-state index in [1.807, 2.05) is 25.1 Å². The molecule has 0 atom stereocenters. The van der Waals surface area contributed by atoms with Crippen LogP contribution in [0.2, 0.25) is 0 Å². The average molecular weight is 456 g/mol. The maximum absolute atomic E-state index is 12.0. The Morgan fingerprint density at radius 1 is 1.17 bits per heavy atom. The van der Waals surface area contributed by atoms with Gasteiger partial charge in [0.05, 0.1) is 11.3 Å². The van der Waals surface area contributed by atoms with Gasteiger partial charge in [-0.1, -0.05) is 44.0 Å². The average Bonchev–Trinajstić information content (AvgIpc) is 2.52. The van der Waals surface area contributed by atoms with Crippen LogP contribution in [0.1, 0.15) is 16.7 Å². The number of nitro benzene ring substituents is 1. The van der Waals surface area contributed by atoms with Crippen LogP contribution < -0.4 is 5.32 Å². The number of carbonyl (C=O) groups excluding carboxylic acids is 1. The number of rotatable bonds is 6. The van der Waals surface area contributed by atoms with Crippen LogP contribution in [0.15, 0.2) is 45.3 Å². The van der Waals surface area contributed by atoms with Gasteiger partial charge in [-0.25, -0.2) is 0 Å². The van der Waals surface area contributed by atoms with Crippen LogP contribution in [0, 0.1) is 17.0 Å². The fourth-order valence-corrected chi connectivity index (χ4v) is 3.50. The second-order valence-corrected chi connectivity index (χ2v) is 7.10. The Kier molecular flexibility index (Phi) is 6.51. The van der Waals surface area contributed by atoms with Gasteiger partial charge in [0, 0.05) is 27.6 Å². The second-order valence-electron chi connectivity index (χ2n) is 5.39. The number of hydrogen-bond acceptors (Lipinski definition) is 3. The lowest BCUT2D eigenvalue weighted by Crippen LogP contribution is -2.27. The molecular weight excluding hydrogens is 440 g/mol. The van der Waals surface area contributed by atoms with Gasteiger partial charge in [0.25, 0.3) is 5.69 Å². The number of benzene rings is 2. The van der Waals surface area contributed by atoms with E-state index in [0.717, 1.165) is 25.6 Å². The summed E-state index contributed by atoms with van der Waals surface area (Å²) in [5.41, 5.74) is 2.88. The van der Waals surface area contributed by atoms with Gasteiger partial charge in [0.2, 0.25) is 5.91 Å². The lowest BCUT2D eigenvalue weighted by atomic mass is 10.1. The molecule has 0 saturated heterocycles. The summed E-state index contributed by atoms with van der Waals surface area (Å²) in [5.74, 6) is -0.0805. The third kappa shape index (κ3) is 5.14. The summed E-state index contributed by atoms with van der Waals surface area (Å²) in [7, 11) is 0. The normalized spacial score (nSPS) is 10.5. The fourth-order valence-electron chi connectivity index (χ4n) is 2.22. The molecular formula is C17H16Br2N2O3. The lowest BCUT2D eigenvalue weighted by molar-refractivity contribution is -0.384. The van der Waals surface area contributed by atoms with Gasteiger partial charge in [-0.05, 0) is 42.2 Å². The topological polar surface area (TPSA) is 72.2 Å². The first-order valence-electron chi connectivity index (χ1n) is 7.31. The van der Waals surface area contributed by atoms with Crippen LogP contribution in [0.25, 0.3) is 0 Å². The summed E-state index contributed by atoms with van der Waals surface area (Å²) in [5, 5.41) is 13.6. The maximum atomic E-state index is 12.0. The van der Waals surface area contributed by atoms with Crippen LogP contribution in [0.5, 0.6) is 0 Å². The number of halogens is 2. The van der Waals surface area contributed by atoms with E-state index in [1.54, 1.807) is 6.07 Å². The Labute approximate surface area is 156 Å². The lowest BCUT2D eigenvalue weighted by Gasteiger charge is -2.08. The minimum Gasteiger partial charge on any atom is -0.355 e. The van der Waals surface area contributed by atoms with E-state index in [-0.39, 0.29) is 18.0 Å². The Bertz CT molecular complexity index is 755. The van der Waals surface area contributed by atoms with E-state index < -0.39 is 4.92 Å². The van der Waals surface area contributed by atoms with Crippen molar-refractivity contribution in [2.45, 2.75) is 19.8 Å². The molecule has 0 bridgehead atoms. The number of nitrogens with one attached hydrogen (secondary N) is 1. The molecule has 0 spiro atoms. The van der Waals surface area contributed by atoms with Gasteiger partial charge in [0.1, 0.15) is 0 Å². The molecule has 1 amide bonds. The zero-order chi connectivity index (χ0) is 17.7. The molecule has 7 heteroatoms. The van der Waals surface area contributed by atoms with Crippen molar-refractivity contribution in [1.29, 1.82) is 0 Å². The van der Waals surface area contributed by atoms with Crippen LogP contribution in [-0.4, -0.2) is 17.4 Å². The SMILES string of the molecule is Cc1c(Br)cc(CC(=O)NCCc2cccc([N+](=O)[O-])c2)cc1Br. The largest absolute Gasteiger partial charge is 0.355 e. The van der Waals surface area contributed by atoms with Crippen molar-refractivity contribution in [2.75, 3.05) is 6.54 Å². The van der Waals surface area contributed by atoms with Crippen LogP contribution in [0.4, 0.5) is 5.69 Å². The fraction of sp³-hybridized carbons (Fsp3) is 0.235. The third-order valence-electron chi connectivity index (χ3n) is 3.56. The second kappa shape index (κ2) is 8.39. The molecule has 2 rings (SSSR count). The van der Waals surface area contributed by atoms with Crippen molar-refractivity contribution in [2.24, 2.45) is 0 Å². The van der Waals surface area contributed by atoms with E-state index >= 15 is 0 Å². The molecule has 0 aliphatic heterocycles. The van der Waals surface area contributed by atoms with E-state index in [2.05, 4.69) is 37.2 Å². The third-order valence-corrected chi connectivity index (χ3v) is 5.21. The number of hydrogen-bond donors (Lipinski definition) is 1. The van der Waals surface area contributed by atoms with Crippen molar-refractivity contribution in [1.82, 2.24) is 5.32 Å². The minimum absolute atomic E-state index is 0.0631. The highest BCUT2D eigenvalue weighted by Crippen LogP contribution is 2.26. The molecule has 0 radical (unpaired) electrons. The molecule has 0 heterocycles. The summed E-state index contributed by atoms with van der Waals surface area (Å²) in [6.45, 7) is 2.42. The van der Waals surface area contributed by atoms with Crippen molar-refractivity contribution < 1.29 is 9.72 Å². The van der Waals surface area contributed by atoms with E-state index in [9.17, 15) is 14.9 Å². The Morgan fingerprint density at radius 2 is 1.83 bits per heavy atom. The van der Waals surface area contributed by atoms with Crippen molar-refractivity contribution in [3.8, 4) is 0 Å². The molecule has 0 saturated carbocycles. The van der Waals surface area contributed by atoms with Crippen LogP contribution >= 0.6 is 31.9 Å². The molecule has 2 aromatic rings. The Hall–Kier alpha value is -1.73. The monoisotopic (exact) mass is 454 g/mol. The molecule has 0 aromatic heterocycles. The number of non-ortho nitro benzene ring substituents is 1. The standard InChI is InChI=1S/C17H16Br2N2O3/c1-11-15(18)8-13(9-16(11)19)10-17(22)20-6-5-12-3-2-4-14(7-12)21(23)24/h2-4,7-9H,5-6,10H2,1H3,(H,20,22). The molecule has 0 fully saturated rings. The van der Waals surface area contributed by atoms with Crippen molar-refractivity contribution in [3.05, 3.63) is 72.1 Å². The molecule has 24 heavy (non-hydrogen) atoms. The highest BCUT2D eigenvalue weighted by Gasteiger charge is 2.09. The quantitative estimate of drug-likeness (QED) is 0.520. The zero-order valence-corrected chi connectivity index (χ0v) is 16.2. The molecule has 0 aliphatic rings. The molecule has 1 N–H and O–H groups in total. The molecule has 126 valence electrons. The van der Waals surface area contributed by atoms with Crippen LogP contribution in [0.3, 0.4) is 0 Å². The van der Waals surface area contributed by atoms with Gasteiger partial charge < -0.3 is 5.32 Å². The van der Waals surface area contributed by atoms with Gasteiger partial charge in [-0.15, -0.1) is 0 Å². The van der Waals surface area contributed by atoms with Crippen molar-refractivity contribution >= 4 is 43.5 Å². The number of nitro groups is 1. The van der Waals surface area contributed by atoms with Gasteiger partial charge >= 0.3 is 0 Å². The summed E-state index contributed by atoms with van der Waals surface area (Å²) in [6.07, 6.45) is 0.834. The van der Waals surface area contributed by atoms with Gasteiger partial charge in [-0.2, -0.15) is 0 Å². The van der Waals surface area contributed by atoms with Gasteiger partial charge in [-0.3, -0.25) is 14.9 Å². The molecule has 5 nitrogen and oxygen atoms in total. The van der Waals surface area contributed by atoms with E-state index in [0.29, 0.717) is 13.0 Å². The first-order chi connectivity index (χ1) is 11.4. The predicted octanol–water partition coefficient (Wildman–Crippen LogP) is 4.33. The molecule has 0 unspecified atom stereocenters. The Balaban J connectivity index is 1.88. The number of amides is 1. The summed E-state index contributed by atoms with van der Waals surface area (Å²) in [4.78, 5) is 22.4. The van der Waals surface area contributed by atoms with Crippen molar-refractivity contribution in [3.63, 3.8) is 0 Å². The van der Waals surface area contributed by atoms with E-state index in [1.165, 1.54) is 12.1 Å². The summed E-state index contributed by atoms with van der Waals surface area (Å²) in [6, 6.07) is 10.3. The summed E-state index contributed by atoms with van der Waals surface area (Å²) < 4.78 is 1.91.